The summed E-state index contributed by atoms with van der Waals surface area (Å²) in [5.74, 6) is 1.20. The highest BCUT2D eigenvalue weighted by atomic mass is 32.2. The van der Waals surface area contributed by atoms with E-state index >= 15 is 0 Å². The van der Waals surface area contributed by atoms with Crippen LogP contribution in [0.15, 0.2) is 70.3 Å². The Labute approximate surface area is 182 Å². The normalized spacial score (nSPS) is 12.0. The molecule has 3 aromatic rings. The Morgan fingerprint density at radius 1 is 1.03 bits per heavy atom. The van der Waals surface area contributed by atoms with Crippen LogP contribution in [0.3, 0.4) is 0 Å². The number of sulfonamides is 1. The molecule has 31 heavy (non-hydrogen) atoms. The average molecular weight is 442 g/mol. The molecular formula is C22H27N5O3S. The first-order valence-electron chi connectivity index (χ1n) is 10.00. The van der Waals surface area contributed by atoms with E-state index < -0.39 is 10.0 Å². The lowest BCUT2D eigenvalue weighted by Crippen LogP contribution is -2.36. The van der Waals surface area contributed by atoms with Crippen molar-refractivity contribution in [1.29, 1.82) is 0 Å². The molecule has 8 nitrogen and oxygen atoms in total. The molecule has 3 N–H and O–H groups in total. The molecule has 3 rings (SSSR count). The number of nitrogens with zero attached hydrogens (tertiary/aromatic N) is 2. The van der Waals surface area contributed by atoms with Gasteiger partial charge in [0.15, 0.2) is 5.96 Å². The second-order valence-corrected chi connectivity index (χ2v) is 8.76. The van der Waals surface area contributed by atoms with Crippen LogP contribution in [0.4, 0.5) is 0 Å². The Morgan fingerprint density at radius 2 is 1.74 bits per heavy atom. The van der Waals surface area contributed by atoms with Crippen molar-refractivity contribution in [3.8, 4) is 11.5 Å². The summed E-state index contributed by atoms with van der Waals surface area (Å²) in [4.78, 5) is 9.10. The molecule has 0 aliphatic rings. The van der Waals surface area contributed by atoms with Gasteiger partial charge in [0.05, 0.1) is 24.5 Å². The molecule has 0 amide bonds. The Balaban J connectivity index is 1.58. The van der Waals surface area contributed by atoms with Crippen LogP contribution < -0.4 is 15.4 Å². The van der Waals surface area contributed by atoms with E-state index in [2.05, 4.69) is 25.3 Å². The number of nitrogens with one attached hydrogen (secondary N) is 3. The monoisotopic (exact) mass is 441 g/mol. The van der Waals surface area contributed by atoms with Crippen molar-refractivity contribution in [2.75, 3.05) is 13.6 Å². The van der Waals surface area contributed by atoms with Gasteiger partial charge in [-0.1, -0.05) is 42.5 Å². The van der Waals surface area contributed by atoms with Crippen LogP contribution in [0.5, 0.6) is 0 Å². The topological polar surface area (TPSA) is 109 Å². The number of hydrogen-bond acceptors (Lipinski definition) is 5. The van der Waals surface area contributed by atoms with Gasteiger partial charge in [0, 0.05) is 12.1 Å². The highest BCUT2D eigenvalue weighted by Crippen LogP contribution is 2.17. The Hall–Kier alpha value is -3.17. The van der Waals surface area contributed by atoms with E-state index in [4.69, 9.17) is 4.42 Å². The van der Waals surface area contributed by atoms with Crippen LogP contribution in [-0.4, -0.2) is 33.0 Å². The molecule has 0 aliphatic heterocycles. The van der Waals surface area contributed by atoms with Crippen LogP contribution in [0.1, 0.15) is 23.7 Å². The minimum absolute atomic E-state index is 0.0418. The molecule has 0 radical (unpaired) electrons. The minimum atomic E-state index is -3.28. The molecule has 0 atom stereocenters. The smallest absolute Gasteiger partial charge is 0.226 e. The summed E-state index contributed by atoms with van der Waals surface area (Å²) >= 11 is 0. The predicted octanol–water partition coefficient (Wildman–Crippen LogP) is 2.65. The average Bonchev–Trinajstić information content (AvgIpc) is 3.26. The molecule has 2 aromatic carbocycles. The number of rotatable bonds is 9. The molecule has 1 heterocycles. The molecule has 1 aromatic heterocycles. The maximum absolute atomic E-state index is 11.7. The highest BCUT2D eigenvalue weighted by molar-refractivity contribution is 7.88. The van der Waals surface area contributed by atoms with E-state index in [0.717, 1.165) is 28.9 Å². The van der Waals surface area contributed by atoms with Crippen molar-refractivity contribution in [3.63, 3.8) is 0 Å². The second-order valence-electron chi connectivity index (χ2n) is 6.84. The summed E-state index contributed by atoms with van der Waals surface area (Å²) in [5.41, 5.74) is 3.42. The van der Waals surface area contributed by atoms with E-state index in [1.807, 2.05) is 49.4 Å². The Kier molecular flexibility index (Phi) is 7.80. The summed E-state index contributed by atoms with van der Waals surface area (Å²) in [6, 6.07) is 17.1. The lowest BCUT2D eigenvalue weighted by atomic mass is 10.1. The molecule has 0 saturated heterocycles. The summed E-state index contributed by atoms with van der Waals surface area (Å²) in [6.07, 6.45) is 1.64. The zero-order chi connectivity index (χ0) is 22.1. The van der Waals surface area contributed by atoms with Gasteiger partial charge in [-0.25, -0.2) is 23.1 Å². The van der Waals surface area contributed by atoms with Crippen molar-refractivity contribution in [2.45, 2.75) is 25.8 Å². The van der Waals surface area contributed by atoms with Crippen molar-refractivity contribution in [3.05, 3.63) is 77.7 Å². The van der Waals surface area contributed by atoms with Gasteiger partial charge in [0.25, 0.3) is 0 Å². The number of oxazole rings is 1. The molecule has 0 fully saturated rings. The maximum Gasteiger partial charge on any atom is 0.226 e. The van der Waals surface area contributed by atoms with Gasteiger partial charge in [0.2, 0.25) is 15.9 Å². The molecular weight excluding hydrogens is 414 g/mol. The number of guanidine groups is 1. The molecule has 0 bridgehead atoms. The molecule has 164 valence electrons. The van der Waals surface area contributed by atoms with Gasteiger partial charge in [-0.05, 0) is 37.2 Å². The van der Waals surface area contributed by atoms with Crippen LogP contribution in [0.2, 0.25) is 0 Å². The van der Waals surface area contributed by atoms with Gasteiger partial charge in [-0.15, -0.1) is 0 Å². The van der Waals surface area contributed by atoms with Crippen LogP contribution in [0, 0.1) is 0 Å². The number of benzene rings is 2. The SMILES string of the molecule is CCNC(=NCc1ccc(CS(=O)(=O)NC)cc1)NCc1coc(-c2ccccc2)n1. The van der Waals surface area contributed by atoms with Crippen molar-refractivity contribution in [1.82, 2.24) is 20.3 Å². The van der Waals surface area contributed by atoms with Gasteiger partial charge in [0.1, 0.15) is 6.26 Å². The maximum atomic E-state index is 11.7. The third-order valence-corrected chi connectivity index (χ3v) is 5.80. The first kappa shape index (κ1) is 22.5. The second kappa shape index (κ2) is 10.7. The van der Waals surface area contributed by atoms with Gasteiger partial charge in [-0.3, -0.25) is 0 Å². The standard InChI is InChI=1S/C22H27N5O3S/c1-3-24-22(25-13-17-9-11-18(12-10-17)16-31(28,29)23-2)26-14-20-15-30-21(27-20)19-7-5-4-6-8-19/h4-12,15,23H,3,13-14,16H2,1-2H3,(H2,24,25,26). The molecule has 0 unspecified atom stereocenters. The quantitative estimate of drug-likeness (QED) is 0.348. The third kappa shape index (κ3) is 6.94. The van der Waals surface area contributed by atoms with Gasteiger partial charge >= 0.3 is 0 Å². The third-order valence-electron chi connectivity index (χ3n) is 4.46. The van der Waals surface area contributed by atoms with E-state index in [1.165, 1.54) is 7.05 Å². The van der Waals surface area contributed by atoms with Crippen molar-refractivity contribution in [2.24, 2.45) is 4.99 Å². The summed E-state index contributed by atoms with van der Waals surface area (Å²) in [5, 5.41) is 6.46. The first-order valence-corrected chi connectivity index (χ1v) is 11.7. The first-order chi connectivity index (χ1) is 15.0. The summed E-state index contributed by atoms with van der Waals surface area (Å²) < 4.78 is 31.2. The molecule has 9 heteroatoms. The highest BCUT2D eigenvalue weighted by Gasteiger charge is 2.09. The minimum Gasteiger partial charge on any atom is -0.444 e. The number of aliphatic imine (C=N–C) groups is 1. The summed E-state index contributed by atoms with van der Waals surface area (Å²) in [6.45, 7) is 3.66. The molecule has 0 saturated carbocycles. The fraction of sp³-hybridized carbons (Fsp3) is 0.273. The zero-order valence-electron chi connectivity index (χ0n) is 17.6. The number of hydrogen-bond donors (Lipinski definition) is 3. The van der Waals surface area contributed by atoms with Crippen LogP contribution in [0.25, 0.3) is 11.5 Å². The predicted molar refractivity (Wildman–Crippen MR) is 122 cm³/mol. The van der Waals surface area contributed by atoms with E-state index in [0.29, 0.717) is 24.9 Å². The summed E-state index contributed by atoms with van der Waals surface area (Å²) in [7, 11) is -1.87. The Morgan fingerprint density at radius 3 is 2.42 bits per heavy atom. The fourth-order valence-corrected chi connectivity index (χ4v) is 3.60. The zero-order valence-corrected chi connectivity index (χ0v) is 18.4. The lowest BCUT2D eigenvalue weighted by molar-refractivity contribution is 0.572. The largest absolute Gasteiger partial charge is 0.444 e. The van der Waals surface area contributed by atoms with Crippen molar-refractivity contribution < 1.29 is 12.8 Å². The van der Waals surface area contributed by atoms with E-state index in [1.54, 1.807) is 18.4 Å². The molecule has 0 aliphatic carbocycles. The Bertz CT molecular complexity index is 1090. The van der Waals surface area contributed by atoms with Crippen molar-refractivity contribution >= 4 is 16.0 Å². The lowest BCUT2D eigenvalue weighted by Gasteiger charge is -2.10. The van der Waals surface area contributed by atoms with Gasteiger partial charge < -0.3 is 15.1 Å². The fourth-order valence-electron chi connectivity index (χ4n) is 2.82. The van der Waals surface area contributed by atoms with E-state index in [9.17, 15) is 8.42 Å². The molecule has 0 spiro atoms. The van der Waals surface area contributed by atoms with E-state index in [-0.39, 0.29) is 5.75 Å². The van der Waals surface area contributed by atoms with Crippen LogP contribution >= 0.6 is 0 Å². The number of aromatic nitrogens is 1. The van der Waals surface area contributed by atoms with Crippen LogP contribution in [-0.2, 0) is 28.9 Å². The van der Waals surface area contributed by atoms with Gasteiger partial charge in [-0.2, -0.15) is 0 Å².